The van der Waals surface area contributed by atoms with Crippen LogP contribution in [0.25, 0.3) is 33.8 Å². The molecule has 0 unspecified atom stereocenters. The van der Waals surface area contributed by atoms with Crippen molar-refractivity contribution in [3.63, 3.8) is 0 Å². The molecule has 3 aromatic heterocycles. The quantitative estimate of drug-likeness (QED) is 0.290. The van der Waals surface area contributed by atoms with E-state index in [2.05, 4.69) is 37.1 Å². The number of nitriles is 1. The Bertz CT molecular complexity index is 1710. The minimum Gasteiger partial charge on any atom is -0.269 e. The molecule has 1 saturated carbocycles. The molecule has 0 radical (unpaired) electrons. The van der Waals surface area contributed by atoms with Gasteiger partial charge in [-0.05, 0) is 42.7 Å². The molecule has 3 heterocycles. The highest BCUT2D eigenvalue weighted by atomic mass is 16.1. The fourth-order valence-corrected chi connectivity index (χ4v) is 5.10. The number of nitrogens with zero attached hydrogens (tertiary/aromatic N) is 7. The fourth-order valence-electron chi connectivity index (χ4n) is 5.10. The highest BCUT2D eigenvalue weighted by Gasteiger charge is 2.16. The number of benzene rings is 2. The first-order chi connectivity index (χ1) is 19.2. The second kappa shape index (κ2) is 10.8. The van der Waals surface area contributed by atoms with Crippen LogP contribution in [0.3, 0.4) is 0 Å². The molecule has 8 nitrogen and oxygen atoms in total. The largest absolute Gasteiger partial charge is 0.269 e. The molecule has 8 heteroatoms. The summed E-state index contributed by atoms with van der Waals surface area (Å²) in [6.45, 7) is 0.302. The minimum absolute atomic E-state index is 0.199. The van der Waals surface area contributed by atoms with E-state index in [1.807, 2.05) is 55.0 Å². The summed E-state index contributed by atoms with van der Waals surface area (Å²) in [4.78, 5) is 21.8. The smallest absolute Gasteiger partial charge is 0.267 e. The summed E-state index contributed by atoms with van der Waals surface area (Å²) < 4.78 is 3.53. The van der Waals surface area contributed by atoms with Gasteiger partial charge in [0, 0.05) is 46.9 Å². The highest BCUT2D eigenvalue weighted by Crippen LogP contribution is 2.29. The second-order valence-electron chi connectivity index (χ2n) is 9.90. The average molecular weight is 514 g/mol. The molecule has 0 N–H and O–H groups in total. The molecule has 0 spiro atoms. The van der Waals surface area contributed by atoms with Gasteiger partial charge >= 0.3 is 0 Å². The summed E-state index contributed by atoms with van der Waals surface area (Å²) in [5.74, 6) is 0.614. The Balaban J connectivity index is 1.21. The van der Waals surface area contributed by atoms with Crippen LogP contribution in [-0.2, 0) is 6.54 Å². The summed E-state index contributed by atoms with van der Waals surface area (Å²) in [5, 5.41) is 18.4. The van der Waals surface area contributed by atoms with Gasteiger partial charge in [0.05, 0.1) is 36.1 Å². The van der Waals surface area contributed by atoms with E-state index in [0.717, 1.165) is 27.8 Å². The van der Waals surface area contributed by atoms with Crippen molar-refractivity contribution in [1.29, 1.82) is 5.26 Å². The lowest BCUT2D eigenvalue weighted by Crippen LogP contribution is -2.22. The predicted molar refractivity (Wildman–Crippen MR) is 149 cm³/mol. The Labute approximate surface area is 226 Å². The zero-order chi connectivity index (χ0) is 26.6. The van der Waals surface area contributed by atoms with Crippen molar-refractivity contribution < 1.29 is 0 Å². The van der Waals surface area contributed by atoms with Crippen molar-refractivity contribution in [2.45, 2.75) is 44.7 Å². The van der Waals surface area contributed by atoms with Crippen molar-refractivity contribution in [2.24, 2.45) is 0 Å². The number of rotatable bonds is 6. The molecule has 0 aliphatic heterocycles. The number of hydrogen-bond donors (Lipinski definition) is 0. The van der Waals surface area contributed by atoms with Crippen molar-refractivity contribution in [2.75, 3.05) is 0 Å². The summed E-state index contributed by atoms with van der Waals surface area (Å²) >= 11 is 0. The van der Waals surface area contributed by atoms with E-state index in [4.69, 9.17) is 0 Å². The predicted octanol–water partition coefficient (Wildman–Crippen LogP) is 5.66. The lowest BCUT2D eigenvalue weighted by atomic mass is 9.96. The van der Waals surface area contributed by atoms with E-state index in [1.54, 1.807) is 18.2 Å². The van der Waals surface area contributed by atoms with E-state index in [9.17, 15) is 10.1 Å². The molecule has 0 saturated heterocycles. The van der Waals surface area contributed by atoms with Gasteiger partial charge in [-0.25, -0.2) is 14.6 Å². The lowest BCUT2D eigenvalue weighted by Gasteiger charge is -2.21. The van der Waals surface area contributed by atoms with Crippen molar-refractivity contribution in [3.8, 4) is 39.8 Å². The number of aromatic nitrogens is 6. The maximum Gasteiger partial charge on any atom is 0.267 e. The summed E-state index contributed by atoms with van der Waals surface area (Å²) in [6.07, 6.45) is 13.9. The first kappa shape index (κ1) is 24.4. The topological polar surface area (TPSA) is 102 Å². The molecule has 2 aromatic carbocycles. The molecule has 0 bridgehead atoms. The van der Waals surface area contributed by atoms with Crippen LogP contribution in [0.15, 0.2) is 90.2 Å². The third kappa shape index (κ3) is 5.39. The Hall–Kier alpha value is -4.90. The number of hydrogen-bond acceptors (Lipinski definition) is 6. The Kier molecular flexibility index (Phi) is 6.79. The lowest BCUT2D eigenvalue weighted by molar-refractivity contribution is 0.329. The molecule has 0 atom stereocenters. The molecule has 39 heavy (non-hydrogen) atoms. The van der Waals surface area contributed by atoms with Crippen molar-refractivity contribution >= 4 is 0 Å². The van der Waals surface area contributed by atoms with Gasteiger partial charge in [-0.2, -0.15) is 15.5 Å². The molecule has 1 fully saturated rings. The van der Waals surface area contributed by atoms with E-state index < -0.39 is 0 Å². The molecule has 5 aromatic rings. The van der Waals surface area contributed by atoms with Gasteiger partial charge < -0.3 is 0 Å². The van der Waals surface area contributed by atoms with Crippen molar-refractivity contribution in [3.05, 3.63) is 107 Å². The van der Waals surface area contributed by atoms with Gasteiger partial charge in [0.1, 0.15) is 0 Å². The van der Waals surface area contributed by atoms with E-state index in [0.29, 0.717) is 29.7 Å². The Morgan fingerprint density at radius 3 is 2.46 bits per heavy atom. The monoisotopic (exact) mass is 513 g/mol. The maximum atomic E-state index is 12.6. The first-order valence-electron chi connectivity index (χ1n) is 13.2. The Morgan fingerprint density at radius 2 is 1.64 bits per heavy atom. The molecule has 192 valence electrons. The highest BCUT2D eigenvalue weighted by molar-refractivity contribution is 5.63. The minimum atomic E-state index is -0.199. The van der Waals surface area contributed by atoms with Crippen LogP contribution in [0.5, 0.6) is 0 Å². The van der Waals surface area contributed by atoms with Crippen LogP contribution in [0.2, 0.25) is 0 Å². The second-order valence-corrected chi connectivity index (χ2v) is 9.90. The third-order valence-corrected chi connectivity index (χ3v) is 7.21. The van der Waals surface area contributed by atoms with Gasteiger partial charge in [0.15, 0.2) is 5.82 Å². The summed E-state index contributed by atoms with van der Waals surface area (Å²) in [6, 6.07) is 20.8. The van der Waals surface area contributed by atoms with Crippen LogP contribution >= 0.6 is 0 Å². The zero-order valence-corrected chi connectivity index (χ0v) is 21.4. The summed E-state index contributed by atoms with van der Waals surface area (Å²) in [5.41, 5.74) is 5.49. The van der Waals surface area contributed by atoms with E-state index >= 15 is 0 Å². The third-order valence-electron chi connectivity index (χ3n) is 7.21. The molecular weight excluding hydrogens is 486 g/mol. The molecule has 1 aliphatic carbocycles. The van der Waals surface area contributed by atoms with Crippen LogP contribution in [-0.4, -0.2) is 29.5 Å². The first-order valence-corrected chi connectivity index (χ1v) is 13.2. The molecule has 0 amide bonds. The maximum absolute atomic E-state index is 12.6. The molecule has 6 rings (SSSR count). The van der Waals surface area contributed by atoms with E-state index in [1.165, 1.54) is 42.9 Å². The molecular formula is C31H27N7O. The average Bonchev–Trinajstić information content (AvgIpc) is 3.50. The van der Waals surface area contributed by atoms with Gasteiger partial charge in [0.2, 0.25) is 0 Å². The van der Waals surface area contributed by atoms with Crippen LogP contribution in [0.1, 0.15) is 49.3 Å². The zero-order valence-electron chi connectivity index (χ0n) is 21.4. The fraction of sp³-hybridized carbons (Fsp3) is 0.226. The standard InChI is InChI=1S/C31H27N7O/c32-16-22-6-4-8-24(14-22)29-12-13-30(39)38(36-29)20-23-7-5-9-25(15-23)31-33-17-26(18-34-31)27-19-35-37(21-27)28-10-2-1-3-11-28/h4-9,12-15,17-19,21,28H,1-3,10-11,20H2. The van der Waals surface area contributed by atoms with Crippen LogP contribution < -0.4 is 5.56 Å². The van der Waals surface area contributed by atoms with E-state index in [-0.39, 0.29) is 5.56 Å². The van der Waals surface area contributed by atoms with Gasteiger partial charge in [-0.15, -0.1) is 0 Å². The molecule has 1 aliphatic rings. The van der Waals surface area contributed by atoms with Gasteiger partial charge in [-0.3, -0.25) is 9.48 Å². The van der Waals surface area contributed by atoms with Crippen molar-refractivity contribution in [1.82, 2.24) is 29.5 Å². The van der Waals surface area contributed by atoms with Gasteiger partial charge in [-0.1, -0.05) is 49.6 Å². The summed E-state index contributed by atoms with van der Waals surface area (Å²) in [7, 11) is 0. The Morgan fingerprint density at radius 1 is 0.846 bits per heavy atom. The van der Waals surface area contributed by atoms with Crippen LogP contribution in [0.4, 0.5) is 0 Å². The van der Waals surface area contributed by atoms with Gasteiger partial charge in [0.25, 0.3) is 5.56 Å². The normalized spacial score (nSPS) is 13.7. The van der Waals surface area contributed by atoms with Crippen LogP contribution in [0, 0.1) is 11.3 Å². The SMILES string of the molecule is N#Cc1cccc(-c2ccc(=O)n(Cc3cccc(-c4ncc(-c5cnn(C6CCCCC6)c5)cn4)c3)n2)c1.